The fraction of sp³-hybridized carbons (Fsp3) is 0. The summed E-state index contributed by atoms with van der Waals surface area (Å²) in [7, 11) is -4.82. The first-order valence-electron chi connectivity index (χ1n) is 3.42. The Morgan fingerprint density at radius 3 is 2.40 bits per heavy atom. The van der Waals surface area contributed by atoms with E-state index in [0.29, 0.717) is 0 Å². The molecule has 1 amide bonds. The molecule has 0 atom stereocenters. The average Bonchev–Trinajstić information content (AvgIpc) is 2.06. The number of nitrogens with one attached hydrogen (secondary N) is 1. The molecule has 0 spiro atoms. The van der Waals surface area contributed by atoms with Crippen LogP contribution in [0.2, 0.25) is 0 Å². The number of H-pyrrole nitrogens is 1. The smallest absolute Gasteiger partial charge is 0.391 e. The normalized spacial score (nSPS) is 11.3. The van der Waals surface area contributed by atoms with Crippen LogP contribution in [0.4, 0.5) is 0 Å². The first-order chi connectivity index (χ1) is 6.73. The van der Waals surface area contributed by atoms with Crippen molar-refractivity contribution < 1.29 is 24.3 Å². The van der Waals surface area contributed by atoms with Gasteiger partial charge in [0.1, 0.15) is 0 Å². The second-order valence-electron chi connectivity index (χ2n) is 2.50. The minimum atomic E-state index is -4.82. The highest BCUT2D eigenvalue weighted by Crippen LogP contribution is 2.30. The highest BCUT2D eigenvalue weighted by Gasteiger charge is 2.25. The van der Waals surface area contributed by atoms with Gasteiger partial charge in [-0.1, -0.05) is 0 Å². The molecular weight excluding hydrogens is 229 g/mol. The Morgan fingerprint density at radius 2 is 2.00 bits per heavy atom. The van der Waals surface area contributed by atoms with Gasteiger partial charge in [0.05, 0.1) is 0 Å². The second kappa shape index (κ2) is 3.46. The molecule has 0 bridgehead atoms. The van der Waals surface area contributed by atoms with Crippen LogP contribution in [0.1, 0.15) is 10.5 Å². The van der Waals surface area contributed by atoms with E-state index in [2.05, 4.69) is 4.98 Å². The lowest BCUT2D eigenvalue weighted by molar-refractivity contribution is 0.0992. The predicted octanol–water partition coefficient (Wildman–Crippen LogP) is -2.62. The van der Waals surface area contributed by atoms with Crippen molar-refractivity contribution in [2.75, 3.05) is 0 Å². The monoisotopic (exact) mass is 235 g/mol. The molecule has 15 heavy (non-hydrogen) atoms. The molecule has 0 aliphatic carbocycles. The SMILES string of the molecule is NC(=O)c1nc(P(=O)(O)O)[nH]c(=O)c1O. The van der Waals surface area contributed by atoms with Gasteiger partial charge >= 0.3 is 7.60 Å². The van der Waals surface area contributed by atoms with Crippen LogP contribution in [-0.2, 0) is 4.57 Å². The van der Waals surface area contributed by atoms with Gasteiger partial charge in [0.25, 0.3) is 11.5 Å². The van der Waals surface area contributed by atoms with Crippen LogP contribution in [0.25, 0.3) is 0 Å². The number of carbonyl (C=O) groups is 1. The van der Waals surface area contributed by atoms with E-state index in [0.717, 1.165) is 0 Å². The quantitative estimate of drug-likeness (QED) is 0.349. The molecule has 0 fully saturated rings. The van der Waals surface area contributed by atoms with Gasteiger partial charge in [-0.2, -0.15) is 0 Å². The van der Waals surface area contributed by atoms with Gasteiger partial charge in [0, 0.05) is 0 Å². The van der Waals surface area contributed by atoms with Gasteiger partial charge in [0.2, 0.25) is 11.3 Å². The molecule has 0 unspecified atom stereocenters. The Balaban J connectivity index is 3.58. The number of hydrogen-bond acceptors (Lipinski definition) is 5. The summed E-state index contributed by atoms with van der Waals surface area (Å²) in [5, 5.41) is 9.00. The van der Waals surface area contributed by atoms with E-state index in [4.69, 9.17) is 20.6 Å². The molecule has 9 nitrogen and oxygen atoms in total. The van der Waals surface area contributed by atoms with Crippen molar-refractivity contribution in [3.05, 3.63) is 16.0 Å². The Bertz CT molecular complexity index is 516. The first-order valence-corrected chi connectivity index (χ1v) is 5.04. The van der Waals surface area contributed by atoms with Gasteiger partial charge in [-0.05, 0) is 0 Å². The minimum Gasteiger partial charge on any atom is -0.501 e. The van der Waals surface area contributed by atoms with Gasteiger partial charge in [-0.15, -0.1) is 0 Å². The van der Waals surface area contributed by atoms with E-state index < -0.39 is 36.1 Å². The Morgan fingerprint density at radius 1 is 1.47 bits per heavy atom. The third-order valence-corrected chi connectivity index (χ3v) is 2.16. The molecule has 1 aromatic rings. The Hall–Kier alpha value is -1.70. The molecule has 0 aliphatic rings. The predicted molar refractivity (Wildman–Crippen MR) is 46.7 cm³/mol. The van der Waals surface area contributed by atoms with Crippen LogP contribution in [0.3, 0.4) is 0 Å². The van der Waals surface area contributed by atoms with Crippen molar-refractivity contribution in [1.29, 1.82) is 0 Å². The molecule has 6 N–H and O–H groups in total. The maximum absolute atomic E-state index is 10.9. The maximum atomic E-state index is 10.9. The third-order valence-electron chi connectivity index (χ3n) is 1.39. The van der Waals surface area contributed by atoms with Gasteiger partial charge in [-0.25, -0.2) is 4.98 Å². The highest BCUT2D eigenvalue weighted by molar-refractivity contribution is 7.59. The Labute approximate surface area is 81.7 Å². The lowest BCUT2D eigenvalue weighted by atomic mass is 10.3. The zero-order valence-corrected chi connectivity index (χ0v) is 7.93. The number of aromatic amines is 1. The lowest BCUT2D eigenvalue weighted by Crippen LogP contribution is -2.28. The van der Waals surface area contributed by atoms with Crippen LogP contribution < -0.4 is 16.9 Å². The lowest BCUT2D eigenvalue weighted by Gasteiger charge is -2.04. The van der Waals surface area contributed by atoms with E-state index in [-0.39, 0.29) is 0 Å². The van der Waals surface area contributed by atoms with Crippen molar-refractivity contribution >= 4 is 19.1 Å². The Kier molecular flexibility index (Phi) is 2.63. The largest absolute Gasteiger partial charge is 0.501 e. The van der Waals surface area contributed by atoms with E-state index in [9.17, 15) is 14.2 Å². The summed E-state index contributed by atoms with van der Waals surface area (Å²) in [6.45, 7) is 0. The van der Waals surface area contributed by atoms with E-state index in [1.54, 1.807) is 4.98 Å². The van der Waals surface area contributed by atoms with Crippen molar-refractivity contribution in [3.63, 3.8) is 0 Å². The van der Waals surface area contributed by atoms with Gasteiger partial charge in [0.15, 0.2) is 5.69 Å². The van der Waals surface area contributed by atoms with Crippen molar-refractivity contribution in [2.24, 2.45) is 5.73 Å². The summed E-state index contributed by atoms with van der Waals surface area (Å²) in [6.07, 6.45) is 0. The van der Waals surface area contributed by atoms with Gasteiger partial charge < -0.3 is 20.6 Å². The topological polar surface area (TPSA) is 167 Å². The number of amides is 1. The molecule has 10 heteroatoms. The van der Waals surface area contributed by atoms with E-state index >= 15 is 0 Å². The summed E-state index contributed by atoms with van der Waals surface area (Å²) in [4.78, 5) is 43.6. The van der Waals surface area contributed by atoms with Crippen LogP contribution in [-0.4, -0.2) is 30.8 Å². The number of rotatable bonds is 2. The zero-order valence-electron chi connectivity index (χ0n) is 7.04. The summed E-state index contributed by atoms with van der Waals surface area (Å²) < 4.78 is 10.7. The molecule has 82 valence electrons. The van der Waals surface area contributed by atoms with Crippen molar-refractivity contribution in [1.82, 2.24) is 9.97 Å². The first kappa shape index (κ1) is 11.4. The molecule has 0 saturated heterocycles. The zero-order chi connectivity index (χ0) is 11.8. The number of nitrogens with zero attached hydrogens (tertiary/aromatic N) is 1. The standard InChI is InChI=1S/C5H6N3O6P/c6-3(10)1-2(9)4(11)8-5(7-1)15(12,13)14/h9H,(H2,6,10)(H,7,8,11)(H2,12,13,14). The van der Waals surface area contributed by atoms with Crippen LogP contribution >= 0.6 is 7.60 Å². The summed E-state index contributed by atoms with van der Waals surface area (Å²) in [5.74, 6) is -2.35. The second-order valence-corrected chi connectivity index (χ2v) is 4.01. The van der Waals surface area contributed by atoms with E-state index in [1.807, 2.05) is 0 Å². The molecular formula is C5H6N3O6P. The summed E-state index contributed by atoms with van der Waals surface area (Å²) >= 11 is 0. The number of aromatic hydroxyl groups is 1. The molecule has 0 saturated carbocycles. The summed E-state index contributed by atoms with van der Waals surface area (Å²) in [5.41, 5.74) is 1.56. The molecule has 1 rings (SSSR count). The highest BCUT2D eigenvalue weighted by atomic mass is 31.2. The number of primary amides is 1. The van der Waals surface area contributed by atoms with Crippen molar-refractivity contribution in [3.8, 4) is 5.75 Å². The minimum absolute atomic E-state index is 0.892. The van der Waals surface area contributed by atoms with E-state index in [1.165, 1.54) is 0 Å². The molecule has 1 heterocycles. The number of aromatic nitrogens is 2. The molecule has 0 aromatic carbocycles. The van der Waals surface area contributed by atoms with Crippen molar-refractivity contribution in [2.45, 2.75) is 0 Å². The maximum Gasteiger partial charge on any atom is 0.391 e. The molecule has 1 aromatic heterocycles. The van der Waals surface area contributed by atoms with Gasteiger partial charge in [-0.3, -0.25) is 19.1 Å². The number of carbonyl (C=O) groups excluding carboxylic acids is 1. The fourth-order valence-corrected chi connectivity index (χ4v) is 1.24. The average molecular weight is 235 g/mol. The van der Waals surface area contributed by atoms with Crippen LogP contribution in [0, 0.1) is 0 Å². The fourth-order valence-electron chi connectivity index (χ4n) is 0.765. The molecule has 0 aliphatic heterocycles. The molecule has 0 radical (unpaired) electrons. The number of hydrogen-bond donors (Lipinski definition) is 5. The van der Waals surface area contributed by atoms with Crippen LogP contribution in [0.5, 0.6) is 5.75 Å². The van der Waals surface area contributed by atoms with Crippen LogP contribution in [0.15, 0.2) is 4.79 Å². The third kappa shape index (κ3) is 2.21. The summed E-state index contributed by atoms with van der Waals surface area (Å²) in [6, 6.07) is 0. The number of nitrogens with two attached hydrogens (primary N) is 1.